The fraction of sp³-hybridized carbons (Fsp3) is 0.143. The van der Waals surface area contributed by atoms with Crippen molar-refractivity contribution in [1.82, 2.24) is 9.97 Å². The van der Waals surface area contributed by atoms with Crippen molar-refractivity contribution in [3.8, 4) is 0 Å². The molecule has 5 rings (SSSR count). The first kappa shape index (κ1) is 21.0. The molecule has 0 spiro atoms. The smallest absolute Gasteiger partial charge is 0.338 e. The van der Waals surface area contributed by atoms with E-state index in [2.05, 4.69) is 114 Å². The quantitative estimate of drug-likeness (QED) is 0.172. The molecule has 5 aromatic rings. The molecule has 0 saturated heterocycles. The Kier molecular flexibility index (Phi) is 7.12. The van der Waals surface area contributed by atoms with Gasteiger partial charge in [0.15, 0.2) is 0 Å². The Labute approximate surface area is 198 Å². The van der Waals surface area contributed by atoms with Crippen LogP contribution in [0.2, 0.25) is 0 Å². The van der Waals surface area contributed by atoms with E-state index in [0.29, 0.717) is 0 Å². The molecule has 0 bridgehead atoms. The third-order valence-corrected chi connectivity index (χ3v) is 4.80. The summed E-state index contributed by atoms with van der Waals surface area (Å²) in [6, 6.07) is 19.1. The second-order valence-electron chi connectivity index (χ2n) is 6.30. The van der Waals surface area contributed by atoms with E-state index in [1.807, 2.05) is 0 Å². The van der Waals surface area contributed by atoms with E-state index in [-0.39, 0.29) is 24.0 Å². The van der Waals surface area contributed by atoms with Crippen molar-refractivity contribution in [2.24, 2.45) is 0 Å². The maximum atomic E-state index is 4.99. The lowest BCUT2D eigenvalue weighted by molar-refractivity contribution is -0.521. The van der Waals surface area contributed by atoms with Crippen molar-refractivity contribution in [2.45, 2.75) is 19.8 Å². The number of fused-ring (bicyclic) bond motifs is 6. The monoisotopic (exact) mass is 693 g/mol. The number of aromatic nitrogens is 3. The van der Waals surface area contributed by atoms with E-state index >= 15 is 0 Å². The van der Waals surface area contributed by atoms with Gasteiger partial charge in [-0.05, 0) is 35.0 Å². The Morgan fingerprint density at radius 3 is 2.44 bits per heavy atom. The minimum atomic E-state index is 0. The van der Waals surface area contributed by atoms with E-state index in [1.165, 1.54) is 27.2 Å². The van der Waals surface area contributed by atoms with Crippen molar-refractivity contribution in [3.05, 3.63) is 66.5 Å². The molecule has 6 heteroatoms. The maximum absolute atomic E-state index is 4.99. The normalized spacial score (nSPS) is 10.8. The van der Waals surface area contributed by atoms with Gasteiger partial charge < -0.3 is 29.0 Å². The molecule has 0 aliphatic carbocycles. The zero-order valence-electron chi connectivity index (χ0n) is 14.7. The molecule has 3 nitrogen and oxygen atoms in total. The molecule has 0 fully saturated rings. The van der Waals surface area contributed by atoms with E-state index in [1.54, 1.807) is 0 Å². The molecular weight excluding hydrogens is 675 g/mol. The van der Waals surface area contributed by atoms with Crippen molar-refractivity contribution < 1.29 is 28.4 Å². The highest BCUT2D eigenvalue weighted by atomic mass is 128. The van der Waals surface area contributed by atoms with Gasteiger partial charge in [-0.15, -0.1) is 0 Å². The Morgan fingerprint density at radius 2 is 1.67 bits per heavy atom. The Morgan fingerprint density at radius 1 is 0.963 bits per heavy atom. The lowest BCUT2D eigenvalue weighted by Gasteiger charge is -2.04. The number of pyridine rings is 1. The van der Waals surface area contributed by atoms with Crippen molar-refractivity contribution in [3.63, 3.8) is 0 Å². The molecular formula is C21H18I3N3. The summed E-state index contributed by atoms with van der Waals surface area (Å²) in [6.45, 7) is 2.23. The standard InChI is InChI=1S/C21H17N3.I2.HI/c1-2-7-18-19-16-10-5-6-11-17(16)22-20(19)23-21-15-9-4-3-8-14(15)12-13-24(18)21;1-2;/h3-6,8-13H,2,7H2,1H3;;1H. The topological polar surface area (TPSA) is 32.8 Å². The molecule has 27 heavy (non-hydrogen) atoms. The summed E-state index contributed by atoms with van der Waals surface area (Å²) in [4.78, 5) is 8.50. The average Bonchev–Trinajstić information content (AvgIpc) is 3.08. The second-order valence-corrected chi connectivity index (χ2v) is 6.30. The number of para-hydroxylation sites is 1. The van der Waals surface area contributed by atoms with Gasteiger partial charge in [0.1, 0.15) is 5.69 Å². The summed E-state index contributed by atoms with van der Waals surface area (Å²) < 4.78 is 2.27. The molecule has 0 radical (unpaired) electrons. The molecule has 2 aromatic carbocycles. The number of nitrogens with zero attached hydrogens (tertiary/aromatic N) is 2. The number of benzene rings is 2. The summed E-state index contributed by atoms with van der Waals surface area (Å²) in [5.74, 6) is 0. The van der Waals surface area contributed by atoms with Gasteiger partial charge in [-0.25, -0.2) is 0 Å². The molecule has 3 heterocycles. The Bertz CT molecular complexity index is 1230. The van der Waals surface area contributed by atoms with E-state index in [4.69, 9.17) is 4.98 Å². The zero-order chi connectivity index (χ0) is 18.1. The van der Waals surface area contributed by atoms with Crippen LogP contribution in [0.5, 0.6) is 0 Å². The SMILES string of the molecule is CCCc1c2c(nc3c4ccccc4cc[n+]13)[nH]c1ccccc12.II.[I-]. The number of H-pyrrole nitrogens is 1. The molecule has 3 aromatic heterocycles. The van der Waals surface area contributed by atoms with Gasteiger partial charge in [0.25, 0.3) is 5.65 Å². The zero-order valence-corrected chi connectivity index (χ0v) is 21.2. The highest BCUT2D eigenvalue weighted by molar-refractivity contribution is 15.0. The van der Waals surface area contributed by atoms with E-state index in [9.17, 15) is 0 Å². The first-order chi connectivity index (χ1) is 12.9. The molecule has 0 atom stereocenters. The van der Waals surface area contributed by atoms with Gasteiger partial charge in [0.2, 0.25) is 0 Å². The minimum absolute atomic E-state index is 0. The average molecular weight is 693 g/mol. The van der Waals surface area contributed by atoms with Gasteiger partial charge in [0, 0.05) is 54.6 Å². The largest absolute Gasteiger partial charge is 1.00 e. The Balaban J connectivity index is 0.000000680. The first-order valence-corrected chi connectivity index (χ1v) is 14.9. The van der Waals surface area contributed by atoms with Crippen LogP contribution in [0.4, 0.5) is 0 Å². The lowest BCUT2D eigenvalue weighted by Crippen LogP contribution is -3.00. The van der Waals surface area contributed by atoms with Crippen molar-refractivity contribution >= 4 is 75.6 Å². The van der Waals surface area contributed by atoms with E-state index < -0.39 is 0 Å². The van der Waals surface area contributed by atoms with Gasteiger partial charge in [-0.1, -0.05) is 43.3 Å². The van der Waals surface area contributed by atoms with Crippen molar-refractivity contribution in [1.29, 1.82) is 0 Å². The van der Waals surface area contributed by atoms with Crippen LogP contribution in [0.15, 0.2) is 60.8 Å². The fourth-order valence-corrected chi connectivity index (χ4v) is 3.75. The summed E-state index contributed by atoms with van der Waals surface area (Å²) in [6.07, 6.45) is 4.30. The van der Waals surface area contributed by atoms with Crippen LogP contribution in [-0.4, -0.2) is 9.97 Å². The number of hydrogen-bond donors (Lipinski definition) is 1. The van der Waals surface area contributed by atoms with Crippen LogP contribution in [0.3, 0.4) is 0 Å². The van der Waals surface area contributed by atoms with Crippen molar-refractivity contribution in [2.75, 3.05) is 0 Å². The molecule has 138 valence electrons. The summed E-state index contributed by atoms with van der Waals surface area (Å²) in [5, 5.41) is 4.92. The van der Waals surface area contributed by atoms with Crippen LogP contribution < -0.4 is 28.4 Å². The number of aryl methyl sites for hydroxylation is 1. The number of nitrogens with one attached hydrogen (secondary N) is 1. The van der Waals surface area contributed by atoms with E-state index in [0.717, 1.165) is 29.7 Å². The maximum Gasteiger partial charge on any atom is 0.338 e. The predicted molar refractivity (Wildman–Crippen MR) is 126 cm³/mol. The summed E-state index contributed by atoms with van der Waals surface area (Å²) >= 11 is 4.24. The highest BCUT2D eigenvalue weighted by Crippen LogP contribution is 2.28. The second kappa shape index (κ2) is 9.17. The molecule has 0 saturated carbocycles. The third-order valence-electron chi connectivity index (χ3n) is 4.80. The van der Waals surface area contributed by atoms with Gasteiger partial charge in [0.05, 0.1) is 17.0 Å². The molecule has 0 aliphatic rings. The lowest BCUT2D eigenvalue weighted by atomic mass is 10.1. The molecule has 0 amide bonds. The number of rotatable bonds is 2. The summed E-state index contributed by atoms with van der Waals surface area (Å²) in [5.41, 5.74) is 4.49. The van der Waals surface area contributed by atoms with Crippen LogP contribution in [0.1, 0.15) is 19.0 Å². The van der Waals surface area contributed by atoms with Crippen LogP contribution in [-0.2, 0) is 6.42 Å². The highest BCUT2D eigenvalue weighted by Gasteiger charge is 2.21. The third kappa shape index (κ3) is 3.64. The van der Waals surface area contributed by atoms with Crippen LogP contribution in [0, 0.1) is 0 Å². The number of halogens is 3. The first-order valence-electron chi connectivity index (χ1n) is 8.63. The fourth-order valence-electron chi connectivity index (χ4n) is 3.75. The molecule has 0 unspecified atom stereocenters. The predicted octanol–water partition coefficient (Wildman–Crippen LogP) is 3.34. The summed E-state index contributed by atoms with van der Waals surface area (Å²) in [7, 11) is 0. The molecule has 1 N–H and O–H groups in total. The van der Waals surface area contributed by atoms with Crippen LogP contribution in [0.25, 0.3) is 38.4 Å². The number of hydrogen-bond acceptors (Lipinski definition) is 1. The minimum Gasteiger partial charge on any atom is -1.00 e. The molecule has 0 aliphatic heterocycles. The number of aromatic amines is 1. The van der Waals surface area contributed by atoms with Gasteiger partial charge in [-0.3, -0.25) is 0 Å². The van der Waals surface area contributed by atoms with Crippen LogP contribution >= 0.6 is 37.2 Å². The van der Waals surface area contributed by atoms with Gasteiger partial charge in [-0.2, -0.15) is 4.40 Å². The Hall–Kier alpha value is -0.750. The van der Waals surface area contributed by atoms with Gasteiger partial charge >= 0.3 is 5.65 Å².